The van der Waals surface area contributed by atoms with Crippen LogP contribution in [-0.4, -0.2) is 60.2 Å². The number of hydrogen-bond acceptors (Lipinski definition) is 5. The van der Waals surface area contributed by atoms with Gasteiger partial charge in [-0.25, -0.2) is 9.97 Å². The van der Waals surface area contributed by atoms with Crippen molar-refractivity contribution in [2.24, 2.45) is 0 Å². The molecule has 0 saturated carbocycles. The lowest BCUT2D eigenvalue weighted by molar-refractivity contribution is 0.0767. The van der Waals surface area contributed by atoms with E-state index in [9.17, 15) is 4.79 Å². The minimum atomic E-state index is -0.0399. The minimum absolute atomic E-state index is 0.0399. The summed E-state index contributed by atoms with van der Waals surface area (Å²) in [5.41, 5.74) is 0.459. The summed E-state index contributed by atoms with van der Waals surface area (Å²) in [7, 11) is 0. The zero-order chi connectivity index (χ0) is 13.7. The Morgan fingerprint density at radius 1 is 1.37 bits per heavy atom. The molecule has 0 atom stereocenters. The molecule has 104 valence electrons. The molecule has 1 fully saturated rings. The third-order valence-corrected chi connectivity index (χ3v) is 3.21. The Morgan fingerprint density at radius 2 is 2.05 bits per heavy atom. The fourth-order valence-corrected chi connectivity index (χ4v) is 2.06. The maximum absolute atomic E-state index is 12.2. The zero-order valence-corrected chi connectivity index (χ0v) is 11.5. The topological polar surface area (TPSA) is 58.6 Å². The third kappa shape index (κ3) is 3.20. The van der Waals surface area contributed by atoms with Crippen molar-refractivity contribution in [3.8, 4) is 0 Å². The van der Waals surface area contributed by atoms with Crippen molar-refractivity contribution in [1.82, 2.24) is 14.9 Å². The van der Waals surface area contributed by atoms with Crippen LogP contribution in [-0.2, 0) is 4.74 Å². The fraction of sp³-hybridized carbons (Fsp3) is 0.615. The average Bonchev–Trinajstić information content (AvgIpc) is 2.49. The van der Waals surface area contributed by atoms with Gasteiger partial charge in [-0.1, -0.05) is 0 Å². The smallest absolute Gasteiger partial charge is 0.272 e. The molecule has 1 aromatic rings. The van der Waals surface area contributed by atoms with Crippen molar-refractivity contribution in [1.29, 1.82) is 0 Å². The Labute approximate surface area is 113 Å². The second-order valence-corrected chi connectivity index (χ2v) is 4.32. The first-order valence-corrected chi connectivity index (χ1v) is 6.71. The highest BCUT2D eigenvalue weighted by molar-refractivity contribution is 5.92. The normalized spacial score (nSPS) is 15.4. The molecule has 0 aliphatic carbocycles. The molecule has 0 spiro atoms. The zero-order valence-electron chi connectivity index (χ0n) is 11.5. The van der Waals surface area contributed by atoms with Gasteiger partial charge in [0.2, 0.25) is 5.95 Å². The number of carbonyl (C=O) groups is 1. The minimum Gasteiger partial charge on any atom is -0.378 e. The standard InChI is InChI=1S/C13H20N4O2/c1-3-16(4-2)12(18)11-5-6-14-13(15-11)17-7-9-19-10-8-17/h5-6H,3-4,7-10H2,1-2H3. The summed E-state index contributed by atoms with van der Waals surface area (Å²) in [4.78, 5) is 24.7. The van der Waals surface area contributed by atoms with Crippen LogP contribution in [0, 0.1) is 0 Å². The predicted molar refractivity (Wildman–Crippen MR) is 72.3 cm³/mol. The van der Waals surface area contributed by atoms with Crippen molar-refractivity contribution in [2.45, 2.75) is 13.8 Å². The molecule has 1 aliphatic heterocycles. The van der Waals surface area contributed by atoms with Gasteiger partial charge >= 0.3 is 0 Å². The lowest BCUT2D eigenvalue weighted by Crippen LogP contribution is -2.38. The molecule has 0 aromatic carbocycles. The molecule has 0 radical (unpaired) electrons. The van der Waals surface area contributed by atoms with Gasteiger partial charge in [-0.15, -0.1) is 0 Å². The average molecular weight is 264 g/mol. The van der Waals surface area contributed by atoms with Gasteiger partial charge in [-0.05, 0) is 19.9 Å². The van der Waals surface area contributed by atoms with E-state index >= 15 is 0 Å². The highest BCUT2D eigenvalue weighted by Gasteiger charge is 2.18. The number of ether oxygens (including phenoxy) is 1. The van der Waals surface area contributed by atoms with Gasteiger partial charge in [0.05, 0.1) is 13.2 Å². The van der Waals surface area contributed by atoms with E-state index in [1.54, 1.807) is 17.2 Å². The monoisotopic (exact) mass is 264 g/mol. The van der Waals surface area contributed by atoms with E-state index in [0.717, 1.165) is 13.1 Å². The number of carbonyl (C=O) groups excluding carboxylic acids is 1. The van der Waals surface area contributed by atoms with Crippen molar-refractivity contribution >= 4 is 11.9 Å². The van der Waals surface area contributed by atoms with E-state index in [4.69, 9.17) is 4.74 Å². The summed E-state index contributed by atoms with van der Waals surface area (Å²) >= 11 is 0. The molecule has 6 heteroatoms. The molecule has 1 saturated heterocycles. The number of amides is 1. The van der Waals surface area contributed by atoms with Crippen molar-refractivity contribution in [3.63, 3.8) is 0 Å². The first kappa shape index (κ1) is 13.7. The lowest BCUT2D eigenvalue weighted by atomic mass is 10.3. The van der Waals surface area contributed by atoms with Crippen LogP contribution in [0.1, 0.15) is 24.3 Å². The Hall–Kier alpha value is -1.69. The van der Waals surface area contributed by atoms with Crippen molar-refractivity contribution in [2.75, 3.05) is 44.3 Å². The van der Waals surface area contributed by atoms with E-state index in [1.807, 2.05) is 18.7 Å². The number of morpholine rings is 1. The van der Waals surface area contributed by atoms with Gasteiger partial charge in [-0.2, -0.15) is 0 Å². The number of rotatable bonds is 4. The molecule has 1 amide bonds. The fourth-order valence-electron chi connectivity index (χ4n) is 2.06. The quantitative estimate of drug-likeness (QED) is 0.805. The summed E-state index contributed by atoms with van der Waals surface area (Å²) in [5.74, 6) is 0.572. The van der Waals surface area contributed by atoms with Crippen LogP contribution in [0.15, 0.2) is 12.3 Å². The Kier molecular flexibility index (Phi) is 4.68. The summed E-state index contributed by atoms with van der Waals surface area (Å²) in [6.45, 7) is 8.19. The maximum Gasteiger partial charge on any atom is 0.272 e. The Bertz CT molecular complexity index is 428. The number of hydrogen-bond donors (Lipinski definition) is 0. The summed E-state index contributed by atoms with van der Waals surface area (Å²) in [6, 6.07) is 1.67. The Morgan fingerprint density at radius 3 is 2.68 bits per heavy atom. The summed E-state index contributed by atoms with van der Waals surface area (Å²) in [6.07, 6.45) is 1.65. The van der Waals surface area contributed by atoms with Crippen LogP contribution in [0.25, 0.3) is 0 Å². The van der Waals surface area contributed by atoms with Crippen LogP contribution < -0.4 is 4.90 Å². The molecule has 0 bridgehead atoms. The van der Waals surface area contributed by atoms with E-state index in [-0.39, 0.29) is 5.91 Å². The van der Waals surface area contributed by atoms with Crippen LogP contribution in [0.5, 0.6) is 0 Å². The molecule has 0 N–H and O–H groups in total. The summed E-state index contributed by atoms with van der Waals surface area (Å²) < 4.78 is 5.30. The SMILES string of the molecule is CCN(CC)C(=O)c1ccnc(N2CCOCC2)n1. The number of aromatic nitrogens is 2. The van der Waals surface area contributed by atoms with E-state index in [0.29, 0.717) is 37.9 Å². The molecule has 1 aliphatic rings. The van der Waals surface area contributed by atoms with Crippen molar-refractivity contribution < 1.29 is 9.53 Å². The van der Waals surface area contributed by atoms with Crippen LogP contribution in [0.2, 0.25) is 0 Å². The van der Waals surface area contributed by atoms with Gasteiger partial charge in [-0.3, -0.25) is 4.79 Å². The van der Waals surface area contributed by atoms with E-state index < -0.39 is 0 Å². The van der Waals surface area contributed by atoms with Crippen molar-refractivity contribution in [3.05, 3.63) is 18.0 Å². The van der Waals surface area contributed by atoms with Crippen LogP contribution in [0.3, 0.4) is 0 Å². The molecule has 2 rings (SSSR count). The molecule has 0 unspecified atom stereocenters. The molecular formula is C13H20N4O2. The Balaban J connectivity index is 2.16. The summed E-state index contributed by atoms with van der Waals surface area (Å²) in [5, 5.41) is 0. The molecule has 2 heterocycles. The largest absolute Gasteiger partial charge is 0.378 e. The third-order valence-electron chi connectivity index (χ3n) is 3.21. The van der Waals surface area contributed by atoms with E-state index in [1.165, 1.54) is 0 Å². The highest BCUT2D eigenvalue weighted by atomic mass is 16.5. The van der Waals surface area contributed by atoms with E-state index in [2.05, 4.69) is 9.97 Å². The van der Waals surface area contributed by atoms with Crippen LogP contribution >= 0.6 is 0 Å². The molecule has 19 heavy (non-hydrogen) atoms. The van der Waals surface area contributed by atoms with Gasteiger partial charge < -0.3 is 14.5 Å². The first-order chi connectivity index (χ1) is 9.26. The van der Waals surface area contributed by atoms with Gasteiger partial charge in [0.25, 0.3) is 5.91 Å². The molecular weight excluding hydrogens is 244 g/mol. The van der Waals surface area contributed by atoms with Gasteiger partial charge in [0.1, 0.15) is 5.69 Å². The second-order valence-electron chi connectivity index (χ2n) is 4.32. The predicted octanol–water partition coefficient (Wildman–Crippen LogP) is 0.795. The van der Waals surface area contributed by atoms with Gasteiger partial charge in [0, 0.05) is 32.4 Å². The first-order valence-electron chi connectivity index (χ1n) is 6.71. The lowest BCUT2D eigenvalue weighted by Gasteiger charge is -2.27. The highest BCUT2D eigenvalue weighted by Crippen LogP contribution is 2.11. The van der Waals surface area contributed by atoms with Gasteiger partial charge in [0.15, 0.2) is 0 Å². The molecule has 6 nitrogen and oxygen atoms in total. The second kappa shape index (κ2) is 6.47. The number of nitrogens with zero attached hydrogens (tertiary/aromatic N) is 4. The molecule has 1 aromatic heterocycles. The maximum atomic E-state index is 12.2. The number of anilines is 1. The van der Waals surface area contributed by atoms with Crippen LogP contribution in [0.4, 0.5) is 5.95 Å².